The van der Waals surface area contributed by atoms with Gasteiger partial charge in [-0.05, 0) is 25.7 Å². The van der Waals surface area contributed by atoms with E-state index in [4.69, 9.17) is 10.5 Å². The molecule has 2 rings (SSSR count). The molecule has 1 aromatic rings. The van der Waals surface area contributed by atoms with Crippen LogP contribution in [0.4, 0.5) is 0 Å². The summed E-state index contributed by atoms with van der Waals surface area (Å²) in [5.74, 6) is -0.0764. The number of carbonyl (C=O) groups is 1. The highest BCUT2D eigenvalue weighted by atomic mass is 32.2. The lowest BCUT2D eigenvalue weighted by atomic mass is 9.92. The second-order valence-corrected chi connectivity index (χ2v) is 8.74. The Labute approximate surface area is 140 Å². The lowest BCUT2D eigenvalue weighted by molar-refractivity contribution is 0.0606. The average molecular weight is 362 g/mol. The molecule has 7 nitrogen and oxygen atoms in total. The number of carbonyl (C=O) groups excluding carboxylic acids is 1. The van der Waals surface area contributed by atoms with E-state index in [0.29, 0.717) is 19.0 Å². The zero-order valence-electron chi connectivity index (χ0n) is 13.4. The highest BCUT2D eigenvalue weighted by Crippen LogP contribution is 2.37. The molecule has 9 heteroatoms. The number of piperidine rings is 1. The molecule has 1 unspecified atom stereocenters. The van der Waals surface area contributed by atoms with E-state index in [2.05, 4.69) is 4.74 Å². The molecule has 130 valence electrons. The van der Waals surface area contributed by atoms with Crippen molar-refractivity contribution in [1.82, 2.24) is 4.31 Å². The van der Waals surface area contributed by atoms with Crippen LogP contribution < -0.4 is 10.5 Å². The van der Waals surface area contributed by atoms with E-state index in [0.717, 1.165) is 24.2 Å². The van der Waals surface area contributed by atoms with Crippen molar-refractivity contribution >= 4 is 27.3 Å². The van der Waals surface area contributed by atoms with E-state index in [1.807, 2.05) is 6.92 Å². The minimum Gasteiger partial charge on any atom is -0.494 e. The second-order valence-electron chi connectivity index (χ2n) is 5.56. The first-order valence-corrected chi connectivity index (χ1v) is 9.58. The molecule has 1 saturated heterocycles. The summed E-state index contributed by atoms with van der Waals surface area (Å²) >= 11 is 0.871. The van der Waals surface area contributed by atoms with Gasteiger partial charge in [0.05, 0.1) is 14.2 Å². The van der Waals surface area contributed by atoms with Gasteiger partial charge in [0.15, 0.2) is 9.96 Å². The maximum absolute atomic E-state index is 12.8. The Morgan fingerprint density at radius 2 is 2.00 bits per heavy atom. The molecule has 1 fully saturated rings. The number of sulfonamides is 1. The summed E-state index contributed by atoms with van der Waals surface area (Å²) in [6.45, 7) is 2.78. The fraction of sp³-hybridized carbons (Fsp3) is 0.643. The highest BCUT2D eigenvalue weighted by molar-refractivity contribution is 7.91. The van der Waals surface area contributed by atoms with Gasteiger partial charge in [-0.25, -0.2) is 13.2 Å². The van der Waals surface area contributed by atoms with Gasteiger partial charge in [-0.15, -0.1) is 11.3 Å². The minimum absolute atomic E-state index is 0.0413. The Balaban J connectivity index is 2.26. The molecule has 0 aliphatic carbocycles. The summed E-state index contributed by atoms with van der Waals surface area (Å²) in [6, 6.07) is 1.46. The van der Waals surface area contributed by atoms with Crippen molar-refractivity contribution in [2.45, 2.75) is 30.0 Å². The minimum atomic E-state index is -3.70. The van der Waals surface area contributed by atoms with Gasteiger partial charge in [-0.3, -0.25) is 0 Å². The standard InChI is InChI=1S/C14H22N2O5S2/c1-9(15)10-4-6-16(7-5-10)23(18,19)14-11(20-2)8-12(22-14)13(17)21-3/h8-10H,4-7,15H2,1-3H3. The van der Waals surface area contributed by atoms with Crippen molar-refractivity contribution in [1.29, 1.82) is 0 Å². The second kappa shape index (κ2) is 7.16. The third kappa shape index (κ3) is 3.68. The Morgan fingerprint density at radius 1 is 1.39 bits per heavy atom. The molecule has 1 aromatic heterocycles. The Hall–Kier alpha value is -1.16. The fourth-order valence-electron chi connectivity index (χ4n) is 2.64. The predicted octanol–water partition coefficient (Wildman–Crippen LogP) is 1.29. The quantitative estimate of drug-likeness (QED) is 0.793. The molecule has 0 aromatic carbocycles. The fourth-order valence-corrected chi connectivity index (χ4v) is 5.74. The van der Waals surface area contributed by atoms with Gasteiger partial charge in [0.1, 0.15) is 4.88 Å². The van der Waals surface area contributed by atoms with E-state index in [9.17, 15) is 13.2 Å². The zero-order chi connectivity index (χ0) is 17.2. The Bertz CT molecular complexity index is 661. The topological polar surface area (TPSA) is 98.9 Å². The number of esters is 1. The van der Waals surface area contributed by atoms with Crippen molar-refractivity contribution in [3.63, 3.8) is 0 Å². The molecule has 2 heterocycles. The highest BCUT2D eigenvalue weighted by Gasteiger charge is 2.34. The van der Waals surface area contributed by atoms with Crippen LogP contribution in [0.25, 0.3) is 0 Å². The van der Waals surface area contributed by atoms with Crippen molar-refractivity contribution in [2.75, 3.05) is 27.3 Å². The molecule has 1 aliphatic rings. The van der Waals surface area contributed by atoms with Crippen molar-refractivity contribution in [3.05, 3.63) is 10.9 Å². The van der Waals surface area contributed by atoms with Gasteiger partial charge in [0.2, 0.25) is 0 Å². The number of hydrogen-bond donors (Lipinski definition) is 1. The van der Waals surface area contributed by atoms with Gasteiger partial charge in [-0.1, -0.05) is 0 Å². The van der Waals surface area contributed by atoms with Crippen molar-refractivity contribution in [2.24, 2.45) is 11.7 Å². The van der Waals surface area contributed by atoms with Crippen molar-refractivity contribution in [3.8, 4) is 5.75 Å². The monoisotopic (exact) mass is 362 g/mol. The first-order valence-electron chi connectivity index (χ1n) is 7.33. The van der Waals surface area contributed by atoms with Crippen LogP contribution in [0, 0.1) is 5.92 Å². The van der Waals surface area contributed by atoms with E-state index < -0.39 is 16.0 Å². The normalized spacial score (nSPS) is 18.6. The molecule has 0 radical (unpaired) electrons. The first kappa shape index (κ1) is 18.2. The summed E-state index contributed by atoms with van der Waals surface area (Å²) in [4.78, 5) is 11.8. The zero-order valence-corrected chi connectivity index (χ0v) is 15.1. The van der Waals surface area contributed by atoms with Gasteiger partial charge < -0.3 is 15.2 Å². The van der Waals surface area contributed by atoms with Gasteiger partial charge in [-0.2, -0.15) is 4.31 Å². The van der Waals surface area contributed by atoms with Crippen LogP contribution in [0.5, 0.6) is 5.75 Å². The molecule has 2 N–H and O–H groups in total. The smallest absolute Gasteiger partial charge is 0.348 e. The van der Waals surface area contributed by atoms with Crippen LogP contribution in [0.2, 0.25) is 0 Å². The third-order valence-corrected chi connectivity index (χ3v) is 7.58. The predicted molar refractivity (Wildman–Crippen MR) is 87.3 cm³/mol. The maximum Gasteiger partial charge on any atom is 0.348 e. The maximum atomic E-state index is 12.8. The van der Waals surface area contributed by atoms with Crippen LogP contribution >= 0.6 is 11.3 Å². The molecule has 23 heavy (non-hydrogen) atoms. The van der Waals surface area contributed by atoms with E-state index in [1.54, 1.807) is 0 Å². The van der Waals surface area contributed by atoms with Crippen LogP contribution in [0.15, 0.2) is 10.3 Å². The van der Waals surface area contributed by atoms with Gasteiger partial charge in [0, 0.05) is 25.2 Å². The summed E-state index contributed by atoms with van der Waals surface area (Å²) in [5, 5.41) is 0. The number of rotatable bonds is 5. The van der Waals surface area contributed by atoms with E-state index >= 15 is 0 Å². The van der Waals surface area contributed by atoms with Crippen LogP contribution in [0.1, 0.15) is 29.4 Å². The first-order chi connectivity index (χ1) is 10.8. The lowest BCUT2D eigenvalue weighted by Gasteiger charge is -2.32. The van der Waals surface area contributed by atoms with Crippen LogP contribution in [0.3, 0.4) is 0 Å². The molecule has 0 amide bonds. The Kier molecular flexibility index (Phi) is 5.66. The molecule has 1 aliphatic heterocycles. The van der Waals surface area contributed by atoms with Crippen LogP contribution in [-0.4, -0.2) is 52.0 Å². The molecule has 1 atom stereocenters. The summed E-state index contributed by atoms with van der Waals surface area (Å²) in [6.07, 6.45) is 1.46. The molecule has 0 spiro atoms. The number of nitrogens with zero attached hydrogens (tertiary/aromatic N) is 1. The molecule has 0 bridgehead atoms. The molecular formula is C14H22N2O5S2. The third-order valence-electron chi connectivity index (χ3n) is 4.09. The molecular weight excluding hydrogens is 340 g/mol. The van der Waals surface area contributed by atoms with Crippen LogP contribution in [-0.2, 0) is 14.8 Å². The van der Waals surface area contributed by atoms with E-state index in [1.165, 1.54) is 24.6 Å². The lowest BCUT2D eigenvalue weighted by Crippen LogP contribution is -2.42. The van der Waals surface area contributed by atoms with Crippen molar-refractivity contribution < 1.29 is 22.7 Å². The number of nitrogens with two attached hydrogens (primary N) is 1. The molecule has 0 saturated carbocycles. The number of hydrogen-bond acceptors (Lipinski definition) is 7. The number of ether oxygens (including phenoxy) is 2. The van der Waals surface area contributed by atoms with Gasteiger partial charge >= 0.3 is 5.97 Å². The number of methoxy groups -OCH3 is 2. The summed E-state index contributed by atoms with van der Waals surface area (Å²) in [7, 11) is -1.07. The summed E-state index contributed by atoms with van der Waals surface area (Å²) < 4.78 is 36.9. The SMILES string of the molecule is COC(=O)c1cc(OC)c(S(=O)(=O)N2CCC(C(C)N)CC2)s1. The average Bonchev–Trinajstić information content (AvgIpc) is 2.99. The van der Waals surface area contributed by atoms with Gasteiger partial charge in [0.25, 0.3) is 10.0 Å². The number of thiophene rings is 1. The van der Waals surface area contributed by atoms with E-state index in [-0.39, 0.29) is 20.9 Å². The largest absolute Gasteiger partial charge is 0.494 e. The summed E-state index contributed by atoms with van der Waals surface area (Å²) in [5.41, 5.74) is 5.89. The Morgan fingerprint density at radius 3 is 2.48 bits per heavy atom.